The van der Waals surface area contributed by atoms with Crippen LogP contribution in [0.2, 0.25) is 0 Å². The smallest absolute Gasteiger partial charge is 0.119 e. The van der Waals surface area contributed by atoms with Gasteiger partial charge in [-0.05, 0) is 80.9 Å². The molecule has 0 heterocycles. The molecular weight excluding hydrogens is 512 g/mol. The van der Waals surface area contributed by atoms with E-state index in [9.17, 15) is 0 Å². The molecule has 5 aromatic rings. The van der Waals surface area contributed by atoms with Crippen LogP contribution in [0.3, 0.4) is 0 Å². The van der Waals surface area contributed by atoms with Crippen molar-refractivity contribution in [3.8, 4) is 11.5 Å². The van der Waals surface area contributed by atoms with Crippen molar-refractivity contribution >= 4 is 45.8 Å². The van der Waals surface area contributed by atoms with Crippen LogP contribution in [0, 0.1) is 0 Å². The Morgan fingerprint density at radius 1 is 0.429 bits per heavy atom. The Morgan fingerprint density at radius 2 is 0.786 bits per heavy atom. The van der Waals surface area contributed by atoms with Crippen LogP contribution in [0.4, 0.5) is 0 Å². The summed E-state index contributed by atoms with van der Waals surface area (Å²) in [7, 11) is 0. The predicted octanol–water partition coefficient (Wildman–Crippen LogP) is 11.5. The van der Waals surface area contributed by atoms with Crippen LogP contribution in [-0.4, -0.2) is 13.2 Å². The van der Waals surface area contributed by atoms with Crippen molar-refractivity contribution < 1.29 is 9.47 Å². The second-order valence-electron chi connectivity index (χ2n) is 10.8. The second kappa shape index (κ2) is 15.1. The maximum atomic E-state index is 5.90. The van der Waals surface area contributed by atoms with E-state index < -0.39 is 0 Å². The minimum Gasteiger partial charge on any atom is -0.494 e. The second-order valence-corrected chi connectivity index (χ2v) is 10.8. The lowest BCUT2D eigenvalue weighted by molar-refractivity contribution is 0.306. The number of ether oxygens (including phenoxy) is 2. The van der Waals surface area contributed by atoms with Gasteiger partial charge in [0, 0.05) is 0 Å². The molecule has 42 heavy (non-hydrogen) atoms. The van der Waals surface area contributed by atoms with Crippen molar-refractivity contribution in [1.82, 2.24) is 0 Å². The Bertz CT molecular complexity index is 1440. The van der Waals surface area contributed by atoms with Gasteiger partial charge in [-0.15, -0.1) is 0 Å². The van der Waals surface area contributed by atoms with E-state index in [1.54, 1.807) is 0 Å². The van der Waals surface area contributed by atoms with Crippen molar-refractivity contribution in [2.45, 2.75) is 52.4 Å². The highest BCUT2D eigenvalue weighted by molar-refractivity contribution is 6.14. The molecule has 0 N–H and O–H groups in total. The number of unbranched alkanes of at least 4 members (excludes halogenated alkanes) is 4. The fraction of sp³-hybridized carbons (Fsp3) is 0.250. The lowest BCUT2D eigenvalue weighted by Gasteiger charge is -2.13. The van der Waals surface area contributed by atoms with Gasteiger partial charge in [0.05, 0.1) is 13.2 Å². The average molecular weight is 555 g/mol. The number of rotatable bonds is 14. The Balaban J connectivity index is 1.41. The predicted molar refractivity (Wildman–Crippen MR) is 182 cm³/mol. The Labute approximate surface area is 251 Å². The SMILES string of the molecule is CCCCCOc1ccc(/C=C/c2c3ccccc3c(/C=C/c3ccc(OCCCCC)cc3)c3ccccc23)cc1. The third-order valence-electron chi connectivity index (χ3n) is 7.69. The van der Waals surface area contributed by atoms with Gasteiger partial charge in [-0.25, -0.2) is 0 Å². The van der Waals surface area contributed by atoms with E-state index in [1.807, 2.05) is 0 Å². The maximum Gasteiger partial charge on any atom is 0.119 e. The van der Waals surface area contributed by atoms with Crippen LogP contribution in [0.5, 0.6) is 11.5 Å². The van der Waals surface area contributed by atoms with E-state index in [0.29, 0.717) is 0 Å². The lowest BCUT2D eigenvalue weighted by atomic mass is 9.91. The molecule has 0 aliphatic carbocycles. The summed E-state index contributed by atoms with van der Waals surface area (Å²) in [4.78, 5) is 0. The van der Waals surface area contributed by atoms with Crippen LogP contribution in [-0.2, 0) is 0 Å². The molecule has 0 saturated heterocycles. The first kappa shape index (κ1) is 29.2. The van der Waals surface area contributed by atoms with Gasteiger partial charge in [-0.2, -0.15) is 0 Å². The third kappa shape index (κ3) is 7.50. The minimum absolute atomic E-state index is 0.778. The summed E-state index contributed by atoms with van der Waals surface area (Å²) in [6, 6.07) is 34.3. The molecule has 0 bridgehead atoms. The first-order valence-corrected chi connectivity index (χ1v) is 15.5. The standard InChI is InChI=1S/C40H42O2/c1-3-5-11-29-41-33-23-17-31(18-24-33)21-27-39-35-13-7-9-15-37(35)40(38-16-10-8-14-36(38)39)28-22-32-19-25-34(26-20-32)42-30-12-6-4-2/h7-10,13-28H,3-6,11-12,29-30H2,1-2H3/b27-21+,28-22+. The molecule has 0 fully saturated rings. The van der Waals surface area contributed by atoms with E-state index in [0.717, 1.165) is 48.7 Å². The molecule has 214 valence electrons. The Hall–Kier alpha value is -4.30. The topological polar surface area (TPSA) is 18.5 Å². The van der Waals surface area contributed by atoms with Gasteiger partial charge in [0.25, 0.3) is 0 Å². The summed E-state index contributed by atoms with van der Waals surface area (Å²) >= 11 is 0. The van der Waals surface area contributed by atoms with Gasteiger partial charge < -0.3 is 9.47 Å². The normalized spacial score (nSPS) is 11.7. The molecule has 0 atom stereocenters. The van der Waals surface area contributed by atoms with Gasteiger partial charge in [-0.3, -0.25) is 0 Å². The summed E-state index contributed by atoms with van der Waals surface area (Å²) in [6.45, 7) is 5.98. The Morgan fingerprint density at radius 3 is 1.12 bits per heavy atom. The van der Waals surface area contributed by atoms with E-state index in [1.165, 1.54) is 58.4 Å². The summed E-state index contributed by atoms with van der Waals surface area (Å²) in [5.74, 6) is 1.87. The number of benzene rings is 5. The molecule has 0 saturated carbocycles. The molecule has 5 rings (SSSR count). The molecule has 0 radical (unpaired) electrons. The fourth-order valence-electron chi connectivity index (χ4n) is 5.35. The first-order chi connectivity index (χ1) is 20.8. The highest BCUT2D eigenvalue weighted by atomic mass is 16.5. The van der Waals surface area contributed by atoms with E-state index >= 15 is 0 Å². The first-order valence-electron chi connectivity index (χ1n) is 15.5. The number of hydrogen-bond acceptors (Lipinski definition) is 2. The van der Waals surface area contributed by atoms with Crippen LogP contribution in [0.25, 0.3) is 45.8 Å². The molecular formula is C40H42O2. The van der Waals surface area contributed by atoms with Gasteiger partial charge >= 0.3 is 0 Å². The van der Waals surface area contributed by atoms with Crippen molar-refractivity contribution in [2.24, 2.45) is 0 Å². The molecule has 2 heteroatoms. The molecule has 0 aliphatic rings. The Kier molecular flexibility index (Phi) is 10.5. The molecule has 0 unspecified atom stereocenters. The average Bonchev–Trinajstić information content (AvgIpc) is 3.04. The molecule has 0 aliphatic heterocycles. The quantitative estimate of drug-likeness (QED) is 0.0772. The van der Waals surface area contributed by atoms with Gasteiger partial charge in [-0.1, -0.05) is 137 Å². The van der Waals surface area contributed by atoms with Gasteiger partial charge in [0.15, 0.2) is 0 Å². The zero-order valence-corrected chi connectivity index (χ0v) is 25.0. The zero-order chi connectivity index (χ0) is 29.0. The molecule has 0 spiro atoms. The highest BCUT2D eigenvalue weighted by Gasteiger charge is 2.10. The van der Waals surface area contributed by atoms with E-state index in [-0.39, 0.29) is 0 Å². The number of hydrogen-bond donors (Lipinski definition) is 0. The van der Waals surface area contributed by atoms with Crippen molar-refractivity contribution in [1.29, 1.82) is 0 Å². The van der Waals surface area contributed by atoms with Gasteiger partial charge in [0.2, 0.25) is 0 Å². The fourth-order valence-corrected chi connectivity index (χ4v) is 5.35. The molecule has 5 aromatic carbocycles. The summed E-state index contributed by atoms with van der Waals surface area (Å²) < 4.78 is 11.8. The maximum absolute atomic E-state index is 5.90. The lowest BCUT2D eigenvalue weighted by Crippen LogP contribution is -1.96. The van der Waals surface area contributed by atoms with E-state index in [4.69, 9.17) is 9.47 Å². The van der Waals surface area contributed by atoms with Gasteiger partial charge in [0.1, 0.15) is 11.5 Å². The highest BCUT2D eigenvalue weighted by Crippen LogP contribution is 2.35. The summed E-state index contributed by atoms with van der Waals surface area (Å²) in [5, 5.41) is 5.00. The third-order valence-corrected chi connectivity index (χ3v) is 7.69. The van der Waals surface area contributed by atoms with Crippen molar-refractivity contribution in [3.05, 3.63) is 119 Å². The molecule has 0 amide bonds. The van der Waals surface area contributed by atoms with Crippen molar-refractivity contribution in [3.63, 3.8) is 0 Å². The van der Waals surface area contributed by atoms with Crippen LogP contribution in [0.1, 0.15) is 74.6 Å². The largest absolute Gasteiger partial charge is 0.494 e. The monoisotopic (exact) mass is 554 g/mol. The van der Waals surface area contributed by atoms with E-state index in [2.05, 4.69) is 135 Å². The van der Waals surface area contributed by atoms with Crippen LogP contribution >= 0.6 is 0 Å². The minimum atomic E-state index is 0.778. The molecule has 2 nitrogen and oxygen atoms in total. The van der Waals surface area contributed by atoms with Crippen molar-refractivity contribution in [2.75, 3.05) is 13.2 Å². The number of fused-ring (bicyclic) bond motifs is 2. The van der Waals surface area contributed by atoms with Crippen LogP contribution in [0.15, 0.2) is 97.1 Å². The summed E-state index contributed by atoms with van der Waals surface area (Å²) in [5.41, 5.74) is 4.79. The van der Waals surface area contributed by atoms with Crippen LogP contribution < -0.4 is 9.47 Å². The molecule has 0 aromatic heterocycles. The summed E-state index contributed by atoms with van der Waals surface area (Å²) in [6.07, 6.45) is 16.0. The zero-order valence-electron chi connectivity index (χ0n) is 25.0.